The van der Waals surface area contributed by atoms with Crippen molar-refractivity contribution in [1.82, 2.24) is 15.6 Å². The molecule has 0 saturated heterocycles. The van der Waals surface area contributed by atoms with E-state index in [0.717, 1.165) is 22.0 Å². The number of aliphatic hydroxyl groups excluding tert-OH is 1. The number of nitrogens with one attached hydrogen (secondary N) is 3. The zero-order chi connectivity index (χ0) is 22.2. The number of aliphatic hydroxyl groups is 1. The highest BCUT2D eigenvalue weighted by Crippen LogP contribution is 2.19. The zero-order valence-electron chi connectivity index (χ0n) is 16.6. The van der Waals surface area contributed by atoms with Crippen molar-refractivity contribution in [3.05, 3.63) is 71.9 Å². The van der Waals surface area contributed by atoms with Crippen LogP contribution in [0.5, 0.6) is 0 Å². The number of fused-ring (bicyclic) bond motifs is 1. The van der Waals surface area contributed by atoms with Gasteiger partial charge in [-0.05, 0) is 17.2 Å². The van der Waals surface area contributed by atoms with Crippen molar-refractivity contribution in [2.45, 2.75) is 25.1 Å². The summed E-state index contributed by atoms with van der Waals surface area (Å²) in [4.78, 5) is 39.2. The topological polar surface area (TPSA) is 141 Å². The van der Waals surface area contributed by atoms with E-state index in [2.05, 4.69) is 15.6 Å². The number of amides is 2. The van der Waals surface area contributed by atoms with Gasteiger partial charge >= 0.3 is 12.1 Å². The molecular weight excluding hydrogens is 402 g/mol. The van der Waals surface area contributed by atoms with Gasteiger partial charge in [-0.1, -0.05) is 48.5 Å². The van der Waals surface area contributed by atoms with E-state index in [1.165, 1.54) is 0 Å². The Morgan fingerprint density at radius 2 is 1.68 bits per heavy atom. The molecule has 0 aliphatic rings. The first-order valence-electron chi connectivity index (χ1n) is 9.64. The molecule has 5 N–H and O–H groups in total. The number of H-pyrrole nitrogens is 1. The number of para-hydroxylation sites is 1. The summed E-state index contributed by atoms with van der Waals surface area (Å²) in [5, 5.41) is 24.5. The normalized spacial score (nSPS) is 12.7. The van der Waals surface area contributed by atoms with Gasteiger partial charge in [-0.2, -0.15) is 0 Å². The van der Waals surface area contributed by atoms with Crippen molar-refractivity contribution < 1.29 is 29.3 Å². The van der Waals surface area contributed by atoms with Gasteiger partial charge in [-0.15, -0.1) is 0 Å². The number of aromatic amines is 1. The fourth-order valence-corrected chi connectivity index (χ4v) is 3.09. The maximum atomic E-state index is 12.5. The summed E-state index contributed by atoms with van der Waals surface area (Å²) in [7, 11) is 0. The minimum Gasteiger partial charge on any atom is -0.480 e. The summed E-state index contributed by atoms with van der Waals surface area (Å²) in [5.74, 6) is -2.06. The van der Waals surface area contributed by atoms with Crippen LogP contribution in [0.2, 0.25) is 0 Å². The maximum absolute atomic E-state index is 12.5. The van der Waals surface area contributed by atoms with Crippen LogP contribution >= 0.6 is 0 Å². The van der Waals surface area contributed by atoms with Crippen molar-refractivity contribution in [2.75, 3.05) is 6.61 Å². The largest absolute Gasteiger partial charge is 0.480 e. The molecule has 0 bridgehead atoms. The monoisotopic (exact) mass is 425 g/mol. The predicted octanol–water partition coefficient (Wildman–Crippen LogP) is 1.57. The fourth-order valence-electron chi connectivity index (χ4n) is 3.09. The molecule has 3 aromatic rings. The van der Waals surface area contributed by atoms with Crippen molar-refractivity contribution in [3.63, 3.8) is 0 Å². The quantitative estimate of drug-likeness (QED) is 0.352. The molecular formula is C22H23N3O6. The molecule has 0 saturated carbocycles. The molecule has 1 heterocycles. The number of aliphatic carboxylic acids is 1. The van der Waals surface area contributed by atoms with E-state index in [4.69, 9.17) is 4.74 Å². The zero-order valence-corrected chi connectivity index (χ0v) is 16.6. The molecule has 2 aromatic carbocycles. The second-order valence-electron chi connectivity index (χ2n) is 6.90. The summed E-state index contributed by atoms with van der Waals surface area (Å²) in [6, 6.07) is 13.7. The van der Waals surface area contributed by atoms with E-state index < -0.39 is 36.7 Å². The number of hydrogen-bond acceptors (Lipinski definition) is 5. The van der Waals surface area contributed by atoms with E-state index in [9.17, 15) is 24.6 Å². The Morgan fingerprint density at radius 3 is 2.39 bits per heavy atom. The van der Waals surface area contributed by atoms with Gasteiger partial charge in [0.1, 0.15) is 18.7 Å². The van der Waals surface area contributed by atoms with Crippen molar-refractivity contribution in [1.29, 1.82) is 0 Å². The highest BCUT2D eigenvalue weighted by Gasteiger charge is 2.27. The fraction of sp³-hybridized carbons (Fsp3) is 0.227. The molecule has 162 valence electrons. The highest BCUT2D eigenvalue weighted by molar-refractivity contribution is 5.90. The minimum absolute atomic E-state index is 0.00917. The lowest BCUT2D eigenvalue weighted by atomic mass is 10.0. The first kappa shape index (κ1) is 21.8. The third kappa shape index (κ3) is 5.83. The van der Waals surface area contributed by atoms with Crippen LogP contribution in [0.25, 0.3) is 10.9 Å². The molecule has 31 heavy (non-hydrogen) atoms. The summed E-state index contributed by atoms with van der Waals surface area (Å²) in [6.07, 6.45) is 0.818. The molecule has 0 aliphatic carbocycles. The van der Waals surface area contributed by atoms with Crippen molar-refractivity contribution in [2.24, 2.45) is 0 Å². The predicted molar refractivity (Wildman–Crippen MR) is 112 cm³/mol. The van der Waals surface area contributed by atoms with Crippen LogP contribution in [0.4, 0.5) is 4.79 Å². The second kappa shape index (κ2) is 10.3. The van der Waals surface area contributed by atoms with Crippen LogP contribution in [0, 0.1) is 0 Å². The first-order chi connectivity index (χ1) is 15.0. The lowest BCUT2D eigenvalue weighted by Gasteiger charge is -2.20. The Labute approximate surface area is 178 Å². The summed E-state index contributed by atoms with van der Waals surface area (Å²) in [5.41, 5.74) is 2.33. The second-order valence-corrected chi connectivity index (χ2v) is 6.90. The Morgan fingerprint density at radius 1 is 0.968 bits per heavy atom. The van der Waals surface area contributed by atoms with E-state index in [0.29, 0.717) is 0 Å². The van der Waals surface area contributed by atoms with Gasteiger partial charge in [-0.25, -0.2) is 9.59 Å². The Hall–Kier alpha value is -3.85. The average molecular weight is 425 g/mol. The van der Waals surface area contributed by atoms with Gasteiger partial charge in [0.15, 0.2) is 0 Å². The number of carboxylic acid groups (broad SMARTS) is 1. The number of aromatic nitrogens is 1. The van der Waals surface area contributed by atoms with Crippen LogP contribution in [0.3, 0.4) is 0 Å². The Kier molecular flexibility index (Phi) is 7.23. The lowest BCUT2D eigenvalue weighted by molar-refractivity contribution is -0.142. The van der Waals surface area contributed by atoms with Crippen LogP contribution in [0.1, 0.15) is 11.1 Å². The van der Waals surface area contributed by atoms with E-state index in [1.807, 2.05) is 30.3 Å². The van der Waals surface area contributed by atoms with Crippen LogP contribution in [-0.4, -0.2) is 51.9 Å². The summed E-state index contributed by atoms with van der Waals surface area (Å²) < 4.78 is 5.03. The van der Waals surface area contributed by atoms with Gasteiger partial charge in [0.05, 0.1) is 6.61 Å². The summed E-state index contributed by atoms with van der Waals surface area (Å²) >= 11 is 0. The minimum atomic E-state index is -1.35. The van der Waals surface area contributed by atoms with Crippen LogP contribution in [0.15, 0.2) is 60.8 Å². The average Bonchev–Trinajstić information content (AvgIpc) is 3.19. The standard InChI is InChI=1S/C22H23N3O6/c26-12-19(25-22(30)31-13-14-6-2-1-3-7-14)20(27)24-18(21(28)29)10-15-11-23-17-9-5-4-8-16(15)17/h1-9,11,18-19,23,26H,10,12-13H2,(H,24,27)(H,25,30)(H,28,29)/t18-,19+/m1/s1. The Bertz CT molecular complexity index is 1050. The van der Waals surface area contributed by atoms with E-state index in [1.54, 1.807) is 30.5 Å². The molecule has 3 rings (SSSR count). The highest BCUT2D eigenvalue weighted by atomic mass is 16.5. The van der Waals surface area contributed by atoms with Crippen molar-refractivity contribution >= 4 is 28.9 Å². The number of carboxylic acids is 1. The first-order valence-corrected chi connectivity index (χ1v) is 9.64. The number of rotatable bonds is 9. The molecule has 1 aromatic heterocycles. The van der Waals surface area contributed by atoms with Gasteiger partial charge in [0.2, 0.25) is 5.91 Å². The molecule has 9 heteroatoms. The molecule has 0 fully saturated rings. The third-order valence-corrected chi connectivity index (χ3v) is 4.72. The summed E-state index contributed by atoms with van der Waals surface area (Å²) in [6.45, 7) is -0.726. The van der Waals surface area contributed by atoms with Gasteiger partial charge in [-0.3, -0.25) is 4.79 Å². The lowest BCUT2D eigenvalue weighted by Crippen LogP contribution is -2.53. The van der Waals surface area contributed by atoms with E-state index >= 15 is 0 Å². The molecule has 2 atom stereocenters. The SMILES string of the molecule is O=C(N[C@@H](CO)C(=O)N[C@H](Cc1c[nH]c2ccccc12)C(=O)O)OCc1ccccc1. The molecule has 9 nitrogen and oxygen atoms in total. The third-order valence-electron chi connectivity index (χ3n) is 4.72. The van der Waals surface area contributed by atoms with Gasteiger partial charge in [0.25, 0.3) is 0 Å². The molecule has 0 aliphatic heterocycles. The smallest absolute Gasteiger partial charge is 0.408 e. The molecule has 0 spiro atoms. The van der Waals surface area contributed by atoms with Crippen LogP contribution in [-0.2, 0) is 27.4 Å². The number of carbonyl (C=O) groups excluding carboxylic acids is 2. The number of ether oxygens (including phenoxy) is 1. The molecule has 0 unspecified atom stereocenters. The van der Waals surface area contributed by atoms with Crippen molar-refractivity contribution in [3.8, 4) is 0 Å². The van der Waals surface area contributed by atoms with Gasteiger partial charge < -0.3 is 30.6 Å². The Balaban J connectivity index is 1.59. The molecule has 2 amide bonds. The number of hydrogen-bond donors (Lipinski definition) is 5. The number of carbonyl (C=O) groups is 3. The van der Waals surface area contributed by atoms with E-state index in [-0.39, 0.29) is 13.0 Å². The van der Waals surface area contributed by atoms with Gasteiger partial charge in [0, 0.05) is 23.5 Å². The number of benzene rings is 2. The van der Waals surface area contributed by atoms with Crippen LogP contribution < -0.4 is 10.6 Å². The maximum Gasteiger partial charge on any atom is 0.408 e. The molecule has 0 radical (unpaired) electrons. The number of alkyl carbamates (subject to hydrolysis) is 1.